The van der Waals surface area contributed by atoms with Gasteiger partial charge in [-0.3, -0.25) is 10.1 Å². The van der Waals surface area contributed by atoms with Crippen LogP contribution in [0.5, 0.6) is 5.75 Å². The summed E-state index contributed by atoms with van der Waals surface area (Å²) in [5, 5.41) is 22.8. The molecule has 1 aromatic rings. The number of carbonyl (C=O) groups is 1. The van der Waals surface area contributed by atoms with E-state index in [1.54, 1.807) is 52.8 Å². The Bertz CT molecular complexity index is 671. The standard InChI is InChI=1S/C18H24N2O4/c1-17(2,3)24-14(21)10-20-15-12-8-11(9-19)6-7-13(12)23-18(4,5)16(15)22/h6-8,15-16,20,22H,10H2,1-5H3/t15-,16+/m0/s1. The molecule has 6 nitrogen and oxygen atoms in total. The van der Waals surface area contributed by atoms with Crippen molar-refractivity contribution in [3.05, 3.63) is 29.3 Å². The van der Waals surface area contributed by atoms with Crippen molar-refractivity contribution in [2.45, 2.75) is 58.0 Å². The Balaban J connectivity index is 2.24. The quantitative estimate of drug-likeness (QED) is 0.823. The summed E-state index contributed by atoms with van der Waals surface area (Å²) >= 11 is 0. The maximum atomic E-state index is 12.0. The van der Waals surface area contributed by atoms with Crippen molar-refractivity contribution in [2.24, 2.45) is 0 Å². The molecule has 0 saturated carbocycles. The molecule has 0 aromatic heterocycles. The van der Waals surface area contributed by atoms with Crippen LogP contribution in [0.3, 0.4) is 0 Å². The van der Waals surface area contributed by atoms with Crippen molar-refractivity contribution in [3.63, 3.8) is 0 Å². The molecule has 0 amide bonds. The number of nitrogens with one attached hydrogen (secondary N) is 1. The summed E-state index contributed by atoms with van der Waals surface area (Å²) in [4.78, 5) is 12.0. The van der Waals surface area contributed by atoms with Crippen molar-refractivity contribution in [1.29, 1.82) is 5.26 Å². The minimum Gasteiger partial charge on any atom is -0.485 e. The molecule has 0 unspecified atom stereocenters. The van der Waals surface area contributed by atoms with Gasteiger partial charge < -0.3 is 14.6 Å². The van der Waals surface area contributed by atoms with Crippen molar-refractivity contribution < 1.29 is 19.4 Å². The molecule has 1 aliphatic heterocycles. The number of aliphatic hydroxyl groups is 1. The van der Waals surface area contributed by atoms with Gasteiger partial charge in [0.1, 0.15) is 23.1 Å². The van der Waals surface area contributed by atoms with Crippen molar-refractivity contribution >= 4 is 5.97 Å². The third-order valence-electron chi connectivity index (χ3n) is 3.76. The minimum absolute atomic E-state index is 0.0503. The summed E-state index contributed by atoms with van der Waals surface area (Å²) in [6, 6.07) is 6.58. The third kappa shape index (κ3) is 4.05. The van der Waals surface area contributed by atoms with E-state index in [2.05, 4.69) is 11.4 Å². The Kier molecular flexibility index (Phi) is 4.88. The Hall–Kier alpha value is -2.10. The van der Waals surface area contributed by atoms with Crippen LogP contribution in [-0.2, 0) is 9.53 Å². The number of rotatable bonds is 3. The molecule has 1 aromatic carbocycles. The molecule has 2 rings (SSSR count). The average molecular weight is 332 g/mol. The topological polar surface area (TPSA) is 91.6 Å². The first-order valence-corrected chi connectivity index (χ1v) is 7.90. The van der Waals surface area contributed by atoms with E-state index in [4.69, 9.17) is 14.7 Å². The lowest BCUT2D eigenvalue weighted by Crippen LogP contribution is -2.53. The highest BCUT2D eigenvalue weighted by molar-refractivity contribution is 5.72. The summed E-state index contributed by atoms with van der Waals surface area (Å²) < 4.78 is 11.1. The molecular weight excluding hydrogens is 308 g/mol. The summed E-state index contributed by atoms with van der Waals surface area (Å²) in [5.74, 6) is 0.183. The average Bonchev–Trinajstić information content (AvgIpc) is 2.45. The van der Waals surface area contributed by atoms with E-state index < -0.39 is 29.3 Å². The number of benzene rings is 1. The maximum Gasteiger partial charge on any atom is 0.320 e. The lowest BCUT2D eigenvalue weighted by atomic mass is 9.86. The number of hydrogen-bond acceptors (Lipinski definition) is 6. The Morgan fingerprint density at radius 3 is 2.71 bits per heavy atom. The molecule has 0 radical (unpaired) electrons. The Morgan fingerprint density at radius 2 is 2.12 bits per heavy atom. The Morgan fingerprint density at radius 1 is 1.46 bits per heavy atom. The van der Waals surface area contributed by atoms with Gasteiger partial charge in [0.05, 0.1) is 24.2 Å². The smallest absolute Gasteiger partial charge is 0.320 e. The third-order valence-corrected chi connectivity index (χ3v) is 3.76. The molecule has 2 atom stereocenters. The van der Waals surface area contributed by atoms with Gasteiger partial charge >= 0.3 is 5.97 Å². The normalized spacial score (nSPS) is 22.0. The van der Waals surface area contributed by atoms with E-state index in [1.807, 2.05) is 0 Å². The van der Waals surface area contributed by atoms with E-state index in [0.29, 0.717) is 16.9 Å². The molecular formula is C18H24N2O4. The first-order chi connectivity index (χ1) is 11.0. The number of nitrogens with zero attached hydrogens (tertiary/aromatic N) is 1. The SMILES string of the molecule is CC(C)(C)OC(=O)CN[C@H]1c2cc(C#N)ccc2OC(C)(C)[C@@H]1O. The van der Waals surface area contributed by atoms with Crippen LogP contribution < -0.4 is 10.1 Å². The zero-order valence-electron chi connectivity index (χ0n) is 14.7. The number of fused-ring (bicyclic) bond motifs is 1. The van der Waals surface area contributed by atoms with Crippen molar-refractivity contribution in [1.82, 2.24) is 5.32 Å². The second kappa shape index (κ2) is 6.42. The lowest BCUT2D eigenvalue weighted by molar-refractivity contribution is -0.154. The fourth-order valence-electron chi connectivity index (χ4n) is 2.66. The van der Waals surface area contributed by atoms with E-state index in [1.165, 1.54) is 0 Å². The molecule has 6 heteroatoms. The van der Waals surface area contributed by atoms with Gasteiger partial charge in [0, 0.05) is 5.56 Å². The molecule has 0 bridgehead atoms. The van der Waals surface area contributed by atoms with Crippen LogP contribution in [0.4, 0.5) is 0 Å². The highest BCUT2D eigenvalue weighted by Gasteiger charge is 2.43. The molecule has 0 spiro atoms. The fraction of sp³-hybridized carbons (Fsp3) is 0.556. The number of ether oxygens (including phenoxy) is 2. The second-order valence-electron chi connectivity index (χ2n) is 7.46. The largest absolute Gasteiger partial charge is 0.485 e. The summed E-state index contributed by atoms with van der Waals surface area (Å²) in [5.41, 5.74) is -0.275. The zero-order chi connectivity index (χ0) is 18.1. The van der Waals surface area contributed by atoms with Crippen LogP contribution in [0.2, 0.25) is 0 Å². The van der Waals surface area contributed by atoms with Crippen LogP contribution >= 0.6 is 0 Å². The van der Waals surface area contributed by atoms with Gasteiger partial charge in [-0.2, -0.15) is 5.26 Å². The summed E-state index contributed by atoms with van der Waals surface area (Å²) in [7, 11) is 0. The molecule has 2 N–H and O–H groups in total. The first-order valence-electron chi connectivity index (χ1n) is 7.90. The zero-order valence-corrected chi connectivity index (χ0v) is 14.7. The van der Waals surface area contributed by atoms with Crippen molar-refractivity contribution in [3.8, 4) is 11.8 Å². The van der Waals surface area contributed by atoms with Crippen LogP contribution in [0.25, 0.3) is 0 Å². The molecule has 24 heavy (non-hydrogen) atoms. The number of carbonyl (C=O) groups excluding carboxylic acids is 1. The molecule has 0 saturated heterocycles. The van der Waals surface area contributed by atoms with Gasteiger partial charge in [0.2, 0.25) is 0 Å². The maximum absolute atomic E-state index is 12.0. The van der Waals surface area contributed by atoms with E-state index in [-0.39, 0.29) is 6.54 Å². The summed E-state index contributed by atoms with van der Waals surface area (Å²) in [6.45, 7) is 8.90. The van der Waals surface area contributed by atoms with Gasteiger partial charge in [0.25, 0.3) is 0 Å². The second-order valence-corrected chi connectivity index (χ2v) is 7.46. The fourth-order valence-corrected chi connectivity index (χ4v) is 2.66. The van der Waals surface area contributed by atoms with E-state index >= 15 is 0 Å². The molecule has 1 heterocycles. The predicted octanol–water partition coefficient (Wildman–Crippen LogP) is 2.06. The molecule has 1 aliphatic rings. The minimum atomic E-state index is -0.888. The highest BCUT2D eigenvalue weighted by atomic mass is 16.6. The molecule has 0 aliphatic carbocycles. The van der Waals surface area contributed by atoms with Gasteiger partial charge in [-0.15, -0.1) is 0 Å². The van der Waals surface area contributed by atoms with Crippen molar-refractivity contribution in [2.75, 3.05) is 6.54 Å². The number of nitriles is 1. The van der Waals surface area contributed by atoms with Gasteiger partial charge in [-0.05, 0) is 52.8 Å². The van der Waals surface area contributed by atoms with E-state index in [0.717, 1.165) is 0 Å². The predicted molar refractivity (Wildman–Crippen MR) is 88.5 cm³/mol. The molecule has 0 fully saturated rings. The monoisotopic (exact) mass is 332 g/mol. The van der Waals surface area contributed by atoms with Crippen LogP contribution in [0, 0.1) is 11.3 Å². The number of hydrogen-bond donors (Lipinski definition) is 2. The van der Waals surface area contributed by atoms with Gasteiger partial charge in [0.15, 0.2) is 0 Å². The van der Waals surface area contributed by atoms with Gasteiger partial charge in [-0.25, -0.2) is 0 Å². The summed E-state index contributed by atoms with van der Waals surface area (Å²) in [6.07, 6.45) is -0.888. The number of aliphatic hydroxyl groups excluding tert-OH is 1. The molecule has 130 valence electrons. The van der Waals surface area contributed by atoms with Crippen LogP contribution in [0.1, 0.15) is 51.8 Å². The lowest BCUT2D eigenvalue weighted by Gasteiger charge is -2.42. The Labute approximate surface area is 142 Å². The van der Waals surface area contributed by atoms with Crippen LogP contribution in [-0.4, -0.2) is 34.9 Å². The van der Waals surface area contributed by atoms with Gasteiger partial charge in [-0.1, -0.05) is 0 Å². The van der Waals surface area contributed by atoms with E-state index in [9.17, 15) is 9.90 Å². The first kappa shape index (κ1) is 18.2. The van der Waals surface area contributed by atoms with Crippen LogP contribution in [0.15, 0.2) is 18.2 Å². The highest BCUT2D eigenvalue weighted by Crippen LogP contribution is 2.40. The number of esters is 1.